The number of carbonyl (C=O) groups excluding carboxylic acids is 1. The predicted octanol–water partition coefficient (Wildman–Crippen LogP) is 3.66. The summed E-state index contributed by atoms with van der Waals surface area (Å²) < 4.78 is 38.1. The third-order valence-electron chi connectivity index (χ3n) is 4.75. The summed E-state index contributed by atoms with van der Waals surface area (Å²) in [5, 5.41) is -0.528. The van der Waals surface area contributed by atoms with E-state index in [1.54, 1.807) is 28.1 Å². The molecule has 3 rings (SSSR count). The van der Waals surface area contributed by atoms with Crippen LogP contribution >= 0.6 is 11.3 Å². The lowest BCUT2D eigenvalue weighted by molar-refractivity contribution is 0.0997. The van der Waals surface area contributed by atoms with Gasteiger partial charge in [-0.2, -0.15) is 4.99 Å². The van der Waals surface area contributed by atoms with Crippen LogP contribution in [-0.2, 0) is 16.4 Å². The van der Waals surface area contributed by atoms with Gasteiger partial charge in [0.15, 0.2) is 26.1 Å². The van der Waals surface area contributed by atoms with Gasteiger partial charge in [0.25, 0.3) is 5.91 Å². The van der Waals surface area contributed by atoms with E-state index in [1.807, 2.05) is 23.6 Å². The molecule has 0 saturated carbocycles. The third kappa shape index (κ3) is 3.99. The van der Waals surface area contributed by atoms with Crippen molar-refractivity contribution < 1.29 is 22.7 Å². The molecule has 2 aromatic carbocycles. The van der Waals surface area contributed by atoms with Crippen LogP contribution in [0.15, 0.2) is 46.3 Å². The maximum atomic E-state index is 12.7. The van der Waals surface area contributed by atoms with Crippen LogP contribution < -0.4 is 14.3 Å². The molecule has 0 atom stereocenters. The van der Waals surface area contributed by atoms with Gasteiger partial charge in [-0.05, 0) is 45.0 Å². The van der Waals surface area contributed by atoms with Gasteiger partial charge in [-0.3, -0.25) is 4.79 Å². The molecule has 0 bridgehead atoms. The summed E-state index contributed by atoms with van der Waals surface area (Å²) in [5.74, 6) is 0.773. The van der Waals surface area contributed by atoms with Crippen molar-refractivity contribution >= 4 is 37.3 Å². The molecule has 0 aliphatic rings. The van der Waals surface area contributed by atoms with E-state index in [0.29, 0.717) is 28.4 Å². The van der Waals surface area contributed by atoms with Gasteiger partial charge in [0.2, 0.25) is 0 Å². The number of amides is 1. The Hall–Kier alpha value is -2.65. The van der Waals surface area contributed by atoms with Gasteiger partial charge >= 0.3 is 0 Å². The number of hydrogen-bond acceptors (Lipinski definition) is 6. The third-order valence-corrected chi connectivity index (χ3v) is 7.96. The summed E-state index contributed by atoms with van der Waals surface area (Å²) in [7, 11) is -0.241. The summed E-state index contributed by atoms with van der Waals surface area (Å²) in [6.07, 6.45) is 0. The van der Waals surface area contributed by atoms with Crippen molar-refractivity contribution in [1.82, 2.24) is 4.57 Å². The normalized spacial score (nSPS) is 12.5. The largest absolute Gasteiger partial charge is 0.493 e. The first-order valence-electron chi connectivity index (χ1n) is 9.41. The van der Waals surface area contributed by atoms with Crippen LogP contribution in [0, 0.1) is 0 Å². The van der Waals surface area contributed by atoms with Crippen LogP contribution in [0.2, 0.25) is 0 Å². The van der Waals surface area contributed by atoms with Gasteiger partial charge < -0.3 is 14.0 Å². The smallest absolute Gasteiger partial charge is 0.279 e. The second-order valence-corrected chi connectivity index (χ2v) is 10.4. The maximum Gasteiger partial charge on any atom is 0.279 e. The van der Waals surface area contributed by atoms with Crippen molar-refractivity contribution in [3.63, 3.8) is 0 Å². The molecule has 0 radical (unpaired) electrons. The second-order valence-electron chi connectivity index (χ2n) is 6.84. The maximum absolute atomic E-state index is 12.7. The molecule has 0 aliphatic heterocycles. The highest BCUT2D eigenvalue weighted by atomic mass is 32.2. The summed E-state index contributed by atoms with van der Waals surface area (Å²) in [5.41, 5.74) is 1.22. The van der Waals surface area contributed by atoms with Gasteiger partial charge in [0.1, 0.15) is 0 Å². The standard InChI is InChI=1S/C21H24N2O5S2/c1-6-23-16-11-17(27-4)18(28-5)12-19(16)29-21(23)22-20(24)14-7-9-15(10-8-14)30(25,26)13(2)3/h7-13H,6H2,1-5H3. The molecule has 0 saturated heterocycles. The van der Waals surface area contributed by atoms with Crippen LogP contribution in [-0.4, -0.2) is 38.4 Å². The Bertz CT molecular complexity index is 1250. The molecule has 7 nitrogen and oxygen atoms in total. The number of fused-ring (bicyclic) bond motifs is 1. The first-order valence-corrected chi connectivity index (χ1v) is 11.8. The van der Waals surface area contributed by atoms with Crippen molar-refractivity contribution in [1.29, 1.82) is 0 Å². The lowest BCUT2D eigenvalue weighted by Gasteiger charge is -2.08. The number of aryl methyl sites for hydroxylation is 1. The Labute approximate surface area is 179 Å². The zero-order valence-corrected chi connectivity index (χ0v) is 19.1. The minimum Gasteiger partial charge on any atom is -0.493 e. The minimum absolute atomic E-state index is 0.193. The quantitative estimate of drug-likeness (QED) is 0.574. The van der Waals surface area contributed by atoms with E-state index in [1.165, 1.54) is 35.6 Å². The molecule has 1 amide bonds. The van der Waals surface area contributed by atoms with E-state index in [0.717, 1.165) is 10.2 Å². The van der Waals surface area contributed by atoms with Crippen molar-refractivity contribution in [2.24, 2.45) is 4.99 Å². The SMILES string of the molecule is CCn1c(=NC(=O)c2ccc(S(=O)(=O)C(C)C)cc2)sc2cc(OC)c(OC)cc21. The highest BCUT2D eigenvalue weighted by Crippen LogP contribution is 2.33. The minimum atomic E-state index is -3.39. The molecule has 1 heterocycles. The van der Waals surface area contributed by atoms with Crippen molar-refractivity contribution in [2.75, 3.05) is 14.2 Å². The number of thiazole rings is 1. The monoisotopic (exact) mass is 448 g/mol. The Balaban J connectivity index is 2.05. The first-order chi connectivity index (χ1) is 14.2. The highest BCUT2D eigenvalue weighted by molar-refractivity contribution is 7.92. The summed E-state index contributed by atoms with van der Waals surface area (Å²) >= 11 is 1.38. The molecule has 30 heavy (non-hydrogen) atoms. The van der Waals surface area contributed by atoms with Gasteiger partial charge in [-0.25, -0.2) is 8.42 Å². The van der Waals surface area contributed by atoms with E-state index < -0.39 is 21.0 Å². The van der Waals surface area contributed by atoms with Crippen LogP contribution in [0.3, 0.4) is 0 Å². The van der Waals surface area contributed by atoms with E-state index in [9.17, 15) is 13.2 Å². The summed E-state index contributed by atoms with van der Waals surface area (Å²) in [4.78, 5) is 17.8. The average Bonchev–Trinajstić information content (AvgIpc) is 3.08. The fourth-order valence-electron chi connectivity index (χ4n) is 3.00. The molecule has 0 aliphatic carbocycles. The number of nitrogens with zero attached hydrogens (tertiary/aromatic N) is 2. The molecule has 9 heteroatoms. The lowest BCUT2D eigenvalue weighted by atomic mass is 10.2. The number of rotatable bonds is 6. The number of benzene rings is 2. The predicted molar refractivity (Wildman–Crippen MR) is 117 cm³/mol. The summed E-state index contributed by atoms with van der Waals surface area (Å²) in [6.45, 7) is 5.84. The molecule has 0 N–H and O–H groups in total. The molecule has 0 spiro atoms. The van der Waals surface area contributed by atoms with Crippen molar-refractivity contribution in [3.8, 4) is 11.5 Å². The number of aromatic nitrogens is 1. The number of sulfone groups is 1. The van der Waals surface area contributed by atoms with Crippen molar-refractivity contribution in [3.05, 3.63) is 46.8 Å². The molecular weight excluding hydrogens is 424 g/mol. The van der Waals surface area contributed by atoms with Gasteiger partial charge in [0.05, 0.1) is 34.6 Å². The lowest BCUT2D eigenvalue weighted by Crippen LogP contribution is -2.16. The summed E-state index contributed by atoms with van der Waals surface area (Å²) in [6, 6.07) is 9.62. The molecule has 0 unspecified atom stereocenters. The number of ether oxygens (including phenoxy) is 2. The Morgan fingerprint density at radius 2 is 1.70 bits per heavy atom. The van der Waals surface area contributed by atoms with Crippen LogP contribution in [0.25, 0.3) is 10.2 Å². The number of carbonyl (C=O) groups is 1. The average molecular weight is 449 g/mol. The Morgan fingerprint density at radius 3 is 2.23 bits per heavy atom. The van der Waals surface area contributed by atoms with E-state index in [-0.39, 0.29) is 4.90 Å². The van der Waals surface area contributed by atoms with E-state index >= 15 is 0 Å². The first kappa shape index (κ1) is 22.0. The Morgan fingerprint density at radius 1 is 1.10 bits per heavy atom. The van der Waals surface area contributed by atoms with Crippen LogP contribution in [0.4, 0.5) is 0 Å². The molecular formula is C21H24N2O5S2. The topological polar surface area (TPSA) is 87.0 Å². The van der Waals surface area contributed by atoms with Gasteiger partial charge in [0, 0.05) is 24.2 Å². The fourth-order valence-corrected chi connectivity index (χ4v) is 5.16. The second kappa shape index (κ2) is 8.61. The fraction of sp³-hybridized carbons (Fsp3) is 0.333. The van der Waals surface area contributed by atoms with E-state index in [4.69, 9.17) is 9.47 Å². The number of methoxy groups -OCH3 is 2. The van der Waals surface area contributed by atoms with Crippen LogP contribution in [0.5, 0.6) is 11.5 Å². The van der Waals surface area contributed by atoms with Gasteiger partial charge in [-0.15, -0.1) is 0 Å². The van der Waals surface area contributed by atoms with Crippen LogP contribution in [0.1, 0.15) is 31.1 Å². The van der Waals surface area contributed by atoms with Crippen molar-refractivity contribution in [2.45, 2.75) is 37.5 Å². The molecule has 3 aromatic rings. The molecule has 1 aromatic heterocycles. The molecule has 0 fully saturated rings. The van der Waals surface area contributed by atoms with Gasteiger partial charge in [-0.1, -0.05) is 11.3 Å². The highest BCUT2D eigenvalue weighted by Gasteiger charge is 2.19. The Kier molecular flexibility index (Phi) is 6.33. The number of hydrogen-bond donors (Lipinski definition) is 0. The zero-order valence-electron chi connectivity index (χ0n) is 17.5. The molecule has 160 valence electrons. The zero-order chi connectivity index (χ0) is 22.1. The van der Waals surface area contributed by atoms with E-state index in [2.05, 4.69) is 4.99 Å².